The molecule has 0 radical (unpaired) electrons. The Morgan fingerprint density at radius 1 is 0.926 bits per heavy atom. The van der Waals surface area contributed by atoms with Crippen LogP contribution in [0.25, 0.3) is 0 Å². The molecule has 0 unspecified atom stereocenters. The Morgan fingerprint density at radius 2 is 1.54 bits per heavy atom. The molecule has 1 aliphatic heterocycles. The number of aliphatic carboxylic acids is 1. The van der Waals surface area contributed by atoms with Crippen LogP contribution in [0.2, 0.25) is 0 Å². The van der Waals surface area contributed by atoms with Crippen molar-refractivity contribution in [3.05, 3.63) is 29.8 Å². The number of rotatable bonds is 21. The Balaban J connectivity index is 2.27. The first-order valence-electron chi connectivity index (χ1n) is 19.3. The van der Waals surface area contributed by atoms with Crippen molar-refractivity contribution >= 4 is 35.3 Å². The fourth-order valence-electron chi connectivity index (χ4n) is 7.80. The number of ether oxygens (including phenoxy) is 2. The molecular formula is C40H68N6O8. The van der Waals surface area contributed by atoms with Crippen molar-refractivity contribution in [2.24, 2.45) is 23.7 Å². The zero-order valence-corrected chi connectivity index (χ0v) is 34.6. The summed E-state index contributed by atoms with van der Waals surface area (Å²) in [6.45, 7) is 13.9. The Hall–Kier alpha value is -3.75. The number of hydrogen-bond donors (Lipinski definition) is 4. The van der Waals surface area contributed by atoms with Gasteiger partial charge < -0.3 is 40.7 Å². The fraction of sp³-hybridized carbons (Fsp3) is 0.725. The zero-order valence-electron chi connectivity index (χ0n) is 34.6. The van der Waals surface area contributed by atoms with Crippen LogP contribution >= 0.6 is 0 Å². The third-order valence-corrected chi connectivity index (χ3v) is 11.0. The van der Waals surface area contributed by atoms with E-state index in [4.69, 9.17) is 15.2 Å². The molecule has 9 atom stereocenters. The lowest BCUT2D eigenvalue weighted by atomic mass is 9.89. The minimum atomic E-state index is -1.17. The average Bonchev–Trinajstić information content (AvgIpc) is 3.59. The zero-order chi connectivity index (χ0) is 41.0. The molecule has 0 saturated carbocycles. The van der Waals surface area contributed by atoms with E-state index in [2.05, 4.69) is 10.6 Å². The van der Waals surface area contributed by atoms with Crippen molar-refractivity contribution < 1.29 is 38.6 Å². The van der Waals surface area contributed by atoms with Crippen LogP contribution in [0.15, 0.2) is 24.3 Å². The van der Waals surface area contributed by atoms with Crippen LogP contribution in [0.1, 0.15) is 79.7 Å². The quantitative estimate of drug-likeness (QED) is 0.136. The van der Waals surface area contributed by atoms with Gasteiger partial charge in [0, 0.05) is 39.9 Å². The van der Waals surface area contributed by atoms with Gasteiger partial charge in [-0.2, -0.15) is 0 Å². The summed E-state index contributed by atoms with van der Waals surface area (Å²) in [5.74, 6) is -3.32. The highest BCUT2D eigenvalue weighted by atomic mass is 16.5. The van der Waals surface area contributed by atoms with Gasteiger partial charge in [0.1, 0.15) is 12.1 Å². The Morgan fingerprint density at radius 3 is 2.02 bits per heavy atom. The Kier molecular flexibility index (Phi) is 18.4. The van der Waals surface area contributed by atoms with Crippen molar-refractivity contribution in [3.63, 3.8) is 0 Å². The average molecular weight is 761 g/mol. The lowest BCUT2D eigenvalue weighted by molar-refractivity contribution is -0.148. The van der Waals surface area contributed by atoms with Crippen LogP contribution in [-0.4, -0.2) is 134 Å². The first-order valence-corrected chi connectivity index (χ1v) is 19.3. The molecule has 1 aliphatic rings. The number of nitrogens with zero attached hydrogens (tertiary/aromatic N) is 3. The number of carbonyl (C=O) groups excluding carboxylic acids is 4. The largest absolute Gasteiger partial charge is 0.480 e. The molecule has 5 N–H and O–H groups in total. The number of carbonyl (C=O) groups is 5. The van der Waals surface area contributed by atoms with Crippen molar-refractivity contribution in [2.45, 2.75) is 123 Å². The number of carboxylic acids is 1. The number of carboxylic acid groups (broad SMARTS) is 1. The van der Waals surface area contributed by atoms with E-state index in [-0.39, 0.29) is 48.3 Å². The Labute approximate surface area is 322 Å². The lowest BCUT2D eigenvalue weighted by Gasteiger charge is -2.41. The van der Waals surface area contributed by atoms with E-state index < -0.39 is 60.2 Å². The molecular weight excluding hydrogens is 692 g/mol. The van der Waals surface area contributed by atoms with Crippen molar-refractivity contribution in [1.29, 1.82) is 0 Å². The smallest absolute Gasteiger partial charge is 0.326 e. The molecule has 14 nitrogen and oxygen atoms in total. The Bertz CT molecular complexity index is 1380. The SMILES string of the molecule is CC[C@H](C)[C@@H]([C@@H](CC(=O)N1CCC[C@H]1[C@H](OC)[C@@H](C)C(=O)N[C@@H](Cc1ccc(N)cc1)C(=O)O)OC)N(C)C(=O)[C@@H](NC(=O)[C@H](C(C)C)N(C)C)C(C)C. The number of methoxy groups -OCH3 is 2. The highest BCUT2D eigenvalue weighted by Gasteiger charge is 2.43. The highest BCUT2D eigenvalue weighted by molar-refractivity contribution is 5.90. The minimum absolute atomic E-state index is 0.0198. The van der Waals surface area contributed by atoms with E-state index >= 15 is 0 Å². The number of benzene rings is 1. The van der Waals surface area contributed by atoms with Gasteiger partial charge in [0.05, 0.1) is 42.7 Å². The van der Waals surface area contributed by atoms with E-state index in [0.717, 1.165) is 0 Å². The molecule has 2 rings (SSSR count). The van der Waals surface area contributed by atoms with Crippen LogP contribution in [0.5, 0.6) is 0 Å². The summed E-state index contributed by atoms with van der Waals surface area (Å²) in [4.78, 5) is 72.6. The third-order valence-electron chi connectivity index (χ3n) is 11.0. The molecule has 306 valence electrons. The summed E-state index contributed by atoms with van der Waals surface area (Å²) in [5.41, 5.74) is 7.03. The van der Waals surface area contributed by atoms with Crippen LogP contribution in [0.4, 0.5) is 5.69 Å². The van der Waals surface area contributed by atoms with Crippen molar-refractivity contribution in [3.8, 4) is 0 Å². The standard InChI is InChI=1S/C40H68N6O8/c1-13-25(6)35(45(10)39(50)33(23(2)3)43-38(49)34(24(4)5)44(8)9)31(53-11)22-32(47)46-20-14-15-30(46)36(54-12)26(7)37(48)42-29(40(51)52)21-27-16-18-28(41)19-17-27/h16-19,23-26,29-31,33-36H,13-15,20-22,41H2,1-12H3,(H,42,48)(H,43,49)(H,51,52)/t25-,26+,29-,30-,31+,33-,34-,35-,36+/m0/s1. The summed E-state index contributed by atoms with van der Waals surface area (Å²) < 4.78 is 11.9. The number of likely N-dealkylation sites (tertiary alicyclic amines) is 1. The molecule has 4 amide bonds. The van der Waals surface area contributed by atoms with E-state index in [1.54, 1.807) is 48.0 Å². The van der Waals surface area contributed by atoms with E-state index in [0.29, 0.717) is 37.1 Å². The topological polar surface area (TPSA) is 184 Å². The monoisotopic (exact) mass is 761 g/mol. The summed E-state index contributed by atoms with van der Waals surface area (Å²) in [6, 6.07) is 3.52. The number of likely N-dealkylation sites (N-methyl/N-ethyl adjacent to an activating group) is 2. The summed E-state index contributed by atoms with van der Waals surface area (Å²) >= 11 is 0. The number of hydrogen-bond acceptors (Lipinski definition) is 9. The maximum absolute atomic E-state index is 14.2. The first kappa shape index (κ1) is 46.4. The summed E-state index contributed by atoms with van der Waals surface area (Å²) in [7, 11) is 8.42. The second-order valence-electron chi connectivity index (χ2n) is 15.8. The maximum Gasteiger partial charge on any atom is 0.326 e. The molecule has 1 fully saturated rings. The van der Waals surface area contributed by atoms with Crippen molar-refractivity contribution in [2.75, 3.05) is 47.6 Å². The van der Waals surface area contributed by atoms with E-state index in [1.807, 2.05) is 60.5 Å². The number of anilines is 1. The molecule has 1 saturated heterocycles. The predicted octanol–water partition coefficient (Wildman–Crippen LogP) is 3.03. The van der Waals surface area contributed by atoms with Gasteiger partial charge in [-0.25, -0.2) is 4.79 Å². The van der Waals surface area contributed by atoms with Crippen molar-refractivity contribution in [1.82, 2.24) is 25.3 Å². The molecule has 0 bridgehead atoms. The second kappa shape index (κ2) is 21.4. The number of nitrogen functional groups attached to an aromatic ring is 1. The lowest BCUT2D eigenvalue weighted by Crippen LogP contribution is -2.59. The molecule has 0 aromatic heterocycles. The molecule has 54 heavy (non-hydrogen) atoms. The van der Waals surface area contributed by atoms with Crippen LogP contribution < -0.4 is 16.4 Å². The van der Waals surface area contributed by atoms with E-state index in [1.165, 1.54) is 14.2 Å². The van der Waals surface area contributed by atoms with Gasteiger partial charge >= 0.3 is 5.97 Å². The third kappa shape index (κ3) is 12.1. The van der Waals surface area contributed by atoms with E-state index in [9.17, 15) is 29.1 Å². The van der Waals surface area contributed by atoms with Gasteiger partial charge in [-0.1, -0.05) is 67.0 Å². The van der Waals surface area contributed by atoms with Gasteiger partial charge in [0.25, 0.3) is 0 Å². The maximum atomic E-state index is 14.2. The van der Waals surface area contributed by atoms with Gasteiger partial charge in [-0.15, -0.1) is 0 Å². The molecule has 14 heteroatoms. The molecule has 0 aliphatic carbocycles. The second-order valence-corrected chi connectivity index (χ2v) is 15.8. The number of nitrogens with two attached hydrogens (primary N) is 1. The normalized spacial score (nSPS) is 19.1. The van der Waals surface area contributed by atoms with Crippen LogP contribution in [-0.2, 0) is 39.9 Å². The number of amides is 4. The fourth-order valence-corrected chi connectivity index (χ4v) is 7.80. The van der Waals surface area contributed by atoms with Crippen LogP contribution in [0, 0.1) is 23.7 Å². The van der Waals surface area contributed by atoms with Gasteiger partial charge in [-0.05, 0) is 62.4 Å². The molecule has 1 aromatic rings. The molecule has 0 spiro atoms. The first-order chi connectivity index (χ1) is 25.3. The molecule has 1 aromatic carbocycles. The van der Waals surface area contributed by atoms with Gasteiger partial charge in [-0.3, -0.25) is 24.1 Å². The summed E-state index contributed by atoms with van der Waals surface area (Å²) in [5, 5.41) is 15.6. The van der Waals surface area contributed by atoms with Crippen LogP contribution in [0.3, 0.4) is 0 Å². The van der Waals surface area contributed by atoms with Gasteiger partial charge in [0.15, 0.2) is 0 Å². The summed E-state index contributed by atoms with van der Waals surface area (Å²) in [6.07, 6.45) is 0.698. The highest BCUT2D eigenvalue weighted by Crippen LogP contribution is 2.30. The predicted molar refractivity (Wildman–Crippen MR) is 209 cm³/mol. The number of nitrogens with one attached hydrogen (secondary N) is 2. The van der Waals surface area contributed by atoms with Gasteiger partial charge in [0.2, 0.25) is 23.6 Å². The molecule has 1 heterocycles. The minimum Gasteiger partial charge on any atom is -0.480 e.